The van der Waals surface area contributed by atoms with Gasteiger partial charge in [0.15, 0.2) is 9.76 Å². The lowest BCUT2D eigenvalue weighted by Crippen LogP contribution is -2.50. The van der Waals surface area contributed by atoms with Gasteiger partial charge in [-0.15, -0.1) is 0 Å². The summed E-state index contributed by atoms with van der Waals surface area (Å²) in [6.07, 6.45) is 1.01. The van der Waals surface area contributed by atoms with E-state index in [1.165, 1.54) is 0 Å². The van der Waals surface area contributed by atoms with Crippen LogP contribution in [0.5, 0.6) is 0 Å². The monoisotopic (exact) mass is 547 g/mol. The van der Waals surface area contributed by atoms with E-state index in [2.05, 4.69) is 31.1 Å². The van der Waals surface area contributed by atoms with Crippen molar-refractivity contribution in [1.29, 1.82) is 0 Å². The van der Waals surface area contributed by atoms with Crippen molar-refractivity contribution in [3.63, 3.8) is 0 Å². The van der Waals surface area contributed by atoms with Gasteiger partial charge >= 0.3 is 6.09 Å². The molecule has 1 saturated heterocycles. The molecule has 204 valence electrons. The van der Waals surface area contributed by atoms with Gasteiger partial charge in [-0.1, -0.05) is 39.0 Å². The van der Waals surface area contributed by atoms with Crippen molar-refractivity contribution in [1.82, 2.24) is 9.29 Å². The second-order valence-electron chi connectivity index (χ2n) is 12.3. The van der Waals surface area contributed by atoms with Gasteiger partial charge in [-0.25, -0.2) is 18.2 Å². The van der Waals surface area contributed by atoms with E-state index < -0.39 is 37.1 Å². The Morgan fingerprint density at radius 3 is 2.27 bits per heavy atom. The van der Waals surface area contributed by atoms with E-state index in [1.54, 1.807) is 67.5 Å². The zero-order valence-corrected chi connectivity index (χ0v) is 25.5. The first-order valence-electron chi connectivity index (χ1n) is 12.7. The van der Waals surface area contributed by atoms with Crippen molar-refractivity contribution in [3.05, 3.63) is 42.5 Å². The predicted molar refractivity (Wildman–Crippen MR) is 150 cm³/mol. The average molecular weight is 548 g/mol. The van der Waals surface area contributed by atoms with Crippen LogP contribution in [0, 0.1) is 0 Å². The maximum atomic E-state index is 13.6. The molecule has 1 fully saturated rings. The Labute approximate surface area is 224 Å². The summed E-state index contributed by atoms with van der Waals surface area (Å²) < 4.78 is 40.5. The average Bonchev–Trinajstić information content (AvgIpc) is 3.28. The molecule has 0 radical (unpaired) electrons. The number of hydrogen-bond acceptors (Lipinski definition) is 6. The van der Waals surface area contributed by atoms with E-state index in [9.17, 15) is 13.2 Å². The Kier molecular flexibility index (Phi) is 8.58. The highest BCUT2D eigenvalue weighted by Gasteiger charge is 2.44. The number of amides is 1. The molecule has 0 spiro atoms. The molecule has 0 saturated carbocycles. The fourth-order valence-corrected chi connectivity index (χ4v) is 7.04. The summed E-state index contributed by atoms with van der Waals surface area (Å²) in [4.78, 5) is 16.8. The first kappa shape index (κ1) is 29.3. The Morgan fingerprint density at radius 1 is 1.03 bits per heavy atom. The molecule has 1 aliphatic heterocycles. The highest BCUT2D eigenvalue weighted by Crippen LogP contribution is 2.36. The lowest BCUT2D eigenvalue weighted by molar-refractivity contribution is 0.0463. The van der Waals surface area contributed by atoms with Gasteiger partial charge in [-0.05, 0) is 76.8 Å². The minimum absolute atomic E-state index is 0.128. The summed E-state index contributed by atoms with van der Waals surface area (Å²) in [6.45, 7) is 16.4. The van der Waals surface area contributed by atoms with Crippen LogP contribution in [0.3, 0.4) is 0 Å². The minimum atomic E-state index is -3.69. The molecule has 1 aliphatic rings. The van der Waals surface area contributed by atoms with Crippen molar-refractivity contribution in [2.24, 2.45) is 0 Å². The van der Waals surface area contributed by atoms with Gasteiger partial charge in [0, 0.05) is 12.1 Å². The number of sulfonamides is 1. The van der Waals surface area contributed by atoms with Crippen LogP contribution in [-0.2, 0) is 19.2 Å². The quantitative estimate of drug-likeness (QED) is 0.470. The van der Waals surface area contributed by atoms with Crippen LogP contribution < -0.4 is 5.32 Å². The van der Waals surface area contributed by atoms with Gasteiger partial charge in [0.05, 0.1) is 22.2 Å². The molecule has 1 atom stereocenters. The fraction of sp³-hybridized carbons (Fsp3) is 0.556. The third kappa shape index (κ3) is 7.86. The van der Waals surface area contributed by atoms with Crippen molar-refractivity contribution in [2.75, 3.05) is 11.9 Å². The highest BCUT2D eigenvalue weighted by atomic mass is 32.2. The number of rotatable bonds is 7. The van der Waals surface area contributed by atoms with Gasteiger partial charge in [0.25, 0.3) is 0 Å². The highest BCUT2D eigenvalue weighted by molar-refractivity contribution is 7.89. The van der Waals surface area contributed by atoms with Crippen LogP contribution in [0.2, 0.25) is 5.04 Å². The standard InChI is InChI=1S/C27H41N3O5SSi/c1-25(2,3)34-24(31)29-23-13-9-11-21(28-23)19-14-16-20(17-15-19)36(32,33)30-18-10-12-22(30)27(7,8)35-37-26(4,5)6/h9,11,13-17,22H,10,12,18,37H2,1-8H3,(H,28,29,31). The van der Waals surface area contributed by atoms with Crippen LogP contribution >= 0.6 is 0 Å². The maximum Gasteiger partial charge on any atom is 0.413 e. The van der Waals surface area contributed by atoms with Crippen molar-refractivity contribution in [2.45, 2.75) is 95.4 Å². The number of nitrogens with one attached hydrogen (secondary N) is 1. The Hall–Kier alpha value is -2.27. The number of ether oxygens (including phenoxy) is 1. The molecule has 1 aromatic heterocycles. The van der Waals surface area contributed by atoms with Crippen LogP contribution in [0.1, 0.15) is 68.2 Å². The summed E-state index contributed by atoms with van der Waals surface area (Å²) in [7, 11) is -4.53. The first-order valence-corrected chi connectivity index (χ1v) is 15.4. The molecule has 1 aromatic carbocycles. The molecule has 37 heavy (non-hydrogen) atoms. The summed E-state index contributed by atoms with van der Waals surface area (Å²) in [5.74, 6) is 0.351. The van der Waals surface area contributed by atoms with Crippen molar-refractivity contribution < 1.29 is 22.4 Å². The molecule has 2 aromatic rings. The molecular formula is C27H41N3O5SSi. The summed E-state index contributed by atoms with van der Waals surface area (Å²) in [5.41, 5.74) is 0.185. The number of pyridine rings is 1. The zero-order chi connectivity index (χ0) is 27.6. The third-order valence-corrected chi connectivity index (χ3v) is 9.69. The summed E-state index contributed by atoms with van der Waals surface area (Å²) in [6, 6.07) is 11.8. The Bertz CT molecular complexity index is 1200. The molecule has 8 nitrogen and oxygen atoms in total. The SMILES string of the molecule is CC(C)(C)OC(=O)Nc1cccc(-c2ccc(S(=O)(=O)N3CCCC3C(C)(C)O[SiH2]C(C)(C)C)cc2)n1. The molecule has 0 aliphatic carbocycles. The van der Waals surface area contributed by atoms with Gasteiger partial charge in [0.2, 0.25) is 10.0 Å². The first-order chi connectivity index (χ1) is 17.0. The largest absolute Gasteiger partial charge is 0.444 e. The molecule has 1 unspecified atom stereocenters. The van der Waals surface area contributed by atoms with Gasteiger partial charge in [-0.3, -0.25) is 5.32 Å². The van der Waals surface area contributed by atoms with Crippen molar-refractivity contribution in [3.8, 4) is 11.3 Å². The molecule has 0 bridgehead atoms. The minimum Gasteiger partial charge on any atom is -0.444 e. The number of benzene rings is 1. The Balaban J connectivity index is 1.77. The number of nitrogens with zero attached hydrogens (tertiary/aromatic N) is 2. The molecule has 2 heterocycles. The smallest absolute Gasteiger partial charge is 0.413 e. The normalized spacial score (nSPS) is 17.9. The van der Waals surface area contributed by atoms with Gasteiger partial charge < -0.3 is 9.16 Å². The number of anilines is 1. The van der Waals surface area contributed by atoms with E-state index in [1.807, 2.05) is 13.8 Å². The lowest BCUT2D eigenvalue weighted by atomic mass is 9.98. The number of hydrogen-bond donors (Lipinski definition) is 1. The van der Waals surface area contributed by atoms with E-state index in [-0.39, 0.29) is 16.0 Å². The Morgan fingerprint density at radius 2 is 1.68 bits per heavy atom. The fourth-order valence-electron chi connectivity index (χ4n) is 4.23. The molecule has 1 N–H and O–H groups in total. The number of carbonyl (C=O) groups is 1. The van der Waals surface area contributed by atoms with Crippen molar-refractivity contribution >= 4 is 31.7 Å². The number of carbonyl (C=O) groups excluding carboxylic acids is 1. The van der Waals surface area contributed by atoms with E-state index in [0.29, 0.717) is 18.1 Å². The van der Waals surface area contributed by atoms with Crippen LogP contribution in [-0.4, -0.2) is 57.4 Å². The maximum absolute atomic E-state index is 13.6. The molecular weight excluding hydrogens is 506 g/mol. The zero-order valence-electron chi connectivity index (χ0n) is 23.3. The van der Waals surface area contributed by atoms with E-state index >= 15 is 0 Å². The predicted octanol–water partition coefficient (Wildman–Crippen LogP) is 5.35. The van der Waals surface area contributed by atoms with Crippen LogP contribution in [0.15, 0.2) is 47.4 Å². The third-order valence-electron chi connectivity index (χ3n) is 6.02. The second-order valence-corrected chi connectivity index (χ2v) is 16.9. The molecule has 10 heteroatoms. The van der Waals surface area contributed by atoms with Gasteiger partial charge in [0.1, 0.15) is 11.4 Å². The second kappa shape index (κ2) is 10.8. The topological polar surface area (TPSA) is 97.8 Å². The van der Waals surface area contributed by atoms with Crippen LogP contribution in [0.4, 0.5) is 10.6 Å². The van der Waals surface area contributed by atoms with Crippen LogP contribution in [0.25, 0.3) is 11.3 Å². The van der Waals surface area contributed by atoms with E-state index in [0.717, 1.165) is 18.4 Å². The molecule has 3 rings (SSSR count). The summed E-state index contributed by atoms with van der Waals surface area (Å²) in [5, 5.41) is 2.76. The van der Waals surface area contributed by atoms with Gasteiger partial charge in [-0.2, -0.15) is 4.31 Å². The van der Waals surface area contributed by atoms with E-state index in [4.69, 9.17) is 9.16 Å². The lowest BCUT2D eigenvalue weighted by Gasteiger charge is -2.39. The number of aromatic nitrogens is 1. The molecule has 1 amide bonds. The summed E-state index contributed by atoms with van der Waals surface area (Å²) >= 11 is 0.